The average Bonchev–Trinajstić information content (AvgIpc) is 2.83. The first-order valence-corrected chi connectivity index (χ1v) is 11.9. The van der Waals surface area contributed by atoms with Crippen LogP contribution in [0, 0.1) is 0 Å². The Morgan fingerprint density at radius 3 is 2.09 bits per heavy atom. The molecule has 0 fully saturated rings. The van der Waals surface area contributed by atoms with Crippen LogP contribution >= 0.6 is 0 Å². The summed E-state index contributed by atoms with van der Waals surface area (Å²) in [4.78, 5) is 21.1. The van der Waals surface area contributed by atoms with E-state index in [0.29, 0.717) is 18.0 Å². The molecule has 33 heavy (non-hydrogen) atoms. The van der Waals surface area contributed by atoms with E-state index in [1.807, 2.05) is 19.1 Å². The topological polar surface area (TPSA) is 52.1 Å². The van der Waals surface area contributed by atoms with Crippen LogP contribution in [-0.2, 0) is 11.2 Å². The van der Waals surface area contributed by atoms with Gasteiger partial charge in [0.25, 0.3) is 0 Å². The zero-order valence-corrected chi connectivity index (χ0v) is 19.8. The third kappa shape index (κ3) is 6.95. The highest BCUT2D eigenvalue weighted by molar-refractivity contribution is 5.81. The molecule has 0 aliphatic carbocycles. The first-order valence-electron chi connectivity index (χ1n) is 11.9. The summed E-state index contributed by atoms with van der Waals surface area (Å²) >= 11 is 0. The summed E-state index contributed by atoms with van der Waals surface area (Å²) in [6.45, 7) is 5.31. The van der Waals surface area contributed by atoms with Crippen LogP contribution in [0.25, 0.3) is 22.5 Å². The minimum absolute atomic E-state index is 0.134. The number of unbranched alkanes of at least 4 members (excludes halogenated alkanes) is 3. The van der Waals surface area contributed by atoms with Crippen molar-refractivity contribution in [3.8, 4) is 28.3 Å². The van der Waals surface area contributed by atoms with Crippen molar-refractivity contribution >= 4 is 5.97 Å². The van der Waals surface area contributed by atoms with Gasteiger partial charge in [0.2, 0.25) is 5.67 Å². The first-order chi connectivity index (χ1) is 15.9. The normalized spacial score (nSPS) is 12.8. The van der Waals surface area contributed by atoms with E-state index in [-0.39, 0.29) is 6.42 Å². The number of alkyl halides is 1. The van der Waals surface area contributed by atoms with Crippen molar-refractivity contribution in [3.63, 3.8) is 0 Å². The van der Waals surface area contributed by atoms with Crippen LogP contribution in [0.4, 0.5) is 4.39 Å². The van der Waals surface area contributed by atoms with Crippen LogP contribution in [0.2, 0.25) is 0 Å². The predicted octanol–water partition coefficient (Wildman–Crippen LogP) is 7.37. The Bertz CT molecular complexity index is 1010. The highest BCUT2D eigenvalue weighted by Crippen LogP contribution is 2.26. The summed E-state index contributed by atoms with van der Waals surface area (Å²) in [6.07, 6.45) is 10.4. The Labute approximate surface area is 196 Å². The Kier molecular flexibility index (Phi) is 8.70. The standard InChI is InChI=1S/C28H33FN2O2/c1-4-6-7-8-9-21-10-12-23(13-11-21)26-30-19-24(20-31-26)22-14-16-25(17-15-22)33-27(32)28(3,29)18-5-2/h10-17,19-20H,4-9,18H2,1-3H3. The van der Waals surface area contributed by atoms with E-state index >= 15 is 0 Å². The van der Waals surface area contributed by atoms with Gasteiger partial charge in [-0.2, -0.15) is 0 Å². The number of rotatable bonds is 11. The van der Waals surface area contributed by atoms with E-state index in [1.165, 1.54) is 38.2 Å². The van der Waals surface area contributed by atoms with E-state index in [9.17, 15) is 9.18 Å². The number of carbonyl (C=O) groups excluding carboxylic acids is 1. The van der Waals surface area contributed by atoms with E-state index in [2.05, 4.69) is 41.2 Å². The van der Waals surface area contributed by atoms with Gasteiger partial charge in [0.15, 0.2) is 5.82 Å². The number of benzene rings is 2. The predicted molar refractivity (Wildman–Crippen MR) is 131 cm³/mol. The molecule has 0 N–H and O–H groups in total. The Balaban J connectivity index is 1.61. The van der Waals surface area contributed by atoms with Gasteiger partial charge in [-0.3, -0.25) is 0 Å². The number of halogens is 1. The molecule has 0 radical (unpaired) electrons. The average molecular weight is 449 g/mol. The monoisotopic (exact) mass is 448 g/mol. The first kappa shape index (κ1) is 24.6. The second-order valence-electron chi connectivity index (χ2n) is 8.66. The van der Waals surface area contributed by atoms with Gasteiger partial charge in [-0.05, 0) is 49.4 Å². The summed E-state index contributed by atoms with van der Waals surface area (Å²) in [6, 6.07) is 15.4. The third-order valence-corrected chi connectivity index (χ3v) is 5.73. The second kappa shape index (κ2) is 11.7. The smallest absolute Gasteiger partial charge is 0.348 e. The summed E-state index contributed by atoms with van der Waals surface area (Å²) in [5, 5.41) is 0. The summed E-state index contributed by atoms with van der Waals surface area (Å²) in [5.74, 6) is 0.132. The Hall–Kier alpha value is -3.08. The molecule has 1 atom stereocenters. The van der Waals surface area contributed by atoms with Crippen LogP contribution in [0.5, 0.6) is 5.75 Å². The summed E-state index contributed by atoms with van der Waals surface area (Å²) in [7, 11) is 0. The molecule has 3 rings (SSSR count). The van der Waals surface area contributed by atoms with Gasteiger partial charge in [-0.25, -0.2) is 19.2 Å². The van der Waals surface area contributed by atoms with Gasteiger partial charge >= 0.3 is 5.97 Å². The number of hydrogen-bond donors (Lipinski definition) is 0. The molecule has 0 bridgehead atoms. The lowest BCUT2D eigenvalue weighted by molar-refractivity contribution is -0.147. The fourth-order valence-electron chi connectivity index (χ4n) is 3.70. The van der Waals surface area contributed by atoms with Crippen LogP contribution in [0.15, 0.2) is 60.9 Å². The third-order valence-electron chi connectivity index (χ3n) is 5.73. The van der Waals surface area contributed by atoms with Gasteiger partial charge in [-0.1, -0.05) is 75.9 Å². The number of carbonyl (C=O) groups is 1. The molecule has 4 nitrogen and oxygen atoms in total. The summed E-state index contributed by atoms with van der Waals surface area (Å²) < 4.78 is 19.5. The molecule has 0 saturated carbocycles. The molecule has 0 spiro atoms. The fourth-order valence-corrected chi connectivity index (χ4v) is 3.70. The van der Waals surface area contributed by atoms with Crippen molar-refractivity contribution in [2.45, 2.75) is 71.4 Å². The second-order valence-corrected chi connectivity index (χ2v) is 8.66. The van der Waals surface area contributed by atoms with E-state index in [4.69, 9.17) is 4.74 Å². The molecule has 2 aromatic carbocycles. The lowest BCUT2D eigenvalue weighted by Gasteiger charge is -2.17. The molecular weight excluding hydrogens is 415 g/mol. The largest absolute Gasteiger partial charge is 0.424 e. The number of nitrogens with zero attached hydrogens (tertiary/aromatic N) is 2. The van der Waals surface area contributed by atoms with Crippen LogP contribution in [0.1, 0.15) is 64.9 Å². The molecule has 3 aromatic rings. The number of esters is 1. The number of ether oxygens (including phenoxy) is 1. The maximum absolute atomic E-state index is 14.3. The number of hydrogen-bond acceptors (Lipinski definition) is 4. The maximum Gasteiger partial charge on any atom is 0.348 e. The quantitative estimate of drug-likeness (QED) is 0.175. The lowest BCUT2D eigenvalue weighted by atomic mass is 10.0. The minimum atomic E-state index is -1.98. The molecule has 0 saturated heterocycles. The summed E-state index contributed by atoms with van der Waals surface area (Å²) in [5.41, 5.74) is 2.09. The maximum atomic E-state index is 14.3. The van der Waals surface area contributed by atoms with Gasteiger partial charge in [-0.15, -0.1) is 0 Å². The van der Waals surface area contributed by atoms with Crippen molar-refractivity contribution in [2.75, 3.05) is 0 Å². The van der Waals surface area contributed by atoms with Crippen molar-refractivity contribution in [2.24, 2.45) is 0 Å². The number of aromatic nitrogens is 2. The van der Waals surface area contributed by atoms with Crippen molar-refractivity contribution < 1.29 is 13.9 Å². The molecule has 5 heteroatoms. The molecule has 0 amide bonds. The van der Waals surface area contributed by atoms with Crippen LogP contribution in [-0.4, -0.2) is 21.6 Å². The molecule has 0 aliphatic heterocycles. The Morgan fingerprint density at radius 1 is 0.848 bits per heavy atom. The molecule has 1 heterocycles. The number of aryl methyl sites for hydroxylation is 1. The zero-order valence-electron chi connectivity index (χ0n) is 19.8. The van der Waals surface area contributed by atoms with E-state index in [0.717, 1.165) is 23.1 Å². The van der Waals surface area contributed by atoms with Crippen molar-refractivity contribution in [1.82, 2.24) is 9.97 Å². The van der Waals surface area contributed by atoms with Gasteiger partial charge in [0.05, 0.1) is 0 Å². The van der Waals surface area contributed by atoms with Crippen LogP contribution < -0.4 is 4.74 Å². The molecule has 174 valence electrons. The van der Waals surface area contributed by atoms with E-state index in [1.54, 1.807) is 24.5 Å². The highest BCUT2D eigenvalue weighted by Gasteiger charge is 2.34. The van der Waals surface area contributed by atoms with Gasteiger partial charge in [0.1, 0.15) is 5.75 Å². The van der Waals surface area contributed by atoms with E-state index < -0.39 is 11.6 Å². The minimum Gasteiger partial charge on any atom is -0.424 e. The van der Waals surface area contributed by atoms with Crippen molar-refractivity contribution in [3.05, 3.63) is 66.5 Å². The highest BCUT2D eigenvalue weighted by atomic mass is 19.1. The molecule has 0 aliphatic rings. The Morgan fingerprint density at radius 2 is 1.48 bits per heavy atom. The van der Waals surface area contributed by atoms with Crippen molar-refractivity contribution in [1.29, 1.82) is 0 Å². The molecule has 1 aromatic heterocycles. The molecule has 1 unspecified atom stereocenters. The van der Waals surface area contributed by atoms with Gasteiger partial charge < -0.3 is 4.74 Å². The van der Waals surface area contributed by atoms with Crippen LogP contribution in [0.3, 0.4) is 0 Å². The molecular formula is C28H33FN2O2. The fraction of sp³-hybridized carbons (Fsp3) is 0.393. The zero-order chi connectivity index (χ0) is 23.7. The van der Waals surface area contributed by atoms with Gasteiger partial charge in [0, 0.05) is 23.5 Å². The SMILES string of the molecule is CCCCCCc1ccc(-c2ncc(-c3ccc(OC(=O)C(C)(F)CCC)cc3)cn2)cc1. The lowest BCUT2D eigenvalue weighted by Crippen LogP contribution is -2.34.